The number of rotatable bonds is 5. The van der Waals surface area contributed by atoms with Crippen molar-refractivity contribution in [3.8, 4) is 0 Å². The van der Waals surface area contributed by atoms with Gasteiger partial charge in [-0.3, -0.25) is 19.3 Å². The van der Waals surface area contributed by atoms with E-state index in [1.165, 1.54) is 4.90 Å². The maximum Gasteiger partial charge on any atom is 0.393 e. The van der Waals surface area contributed by atoms with Gasteiger partial charge in [0.15, 0.2) is 0 Å². The summed E-state index contributed by atoms with van der Waals surface area (Å²) >= 11 is 0. The van der Waals surface area contributed by atoms with Crippen molar-refractivity contribution < 1.29 is 32.7 Å². The average Bonchev–Trinajstić information content (AvgIpc) is 3.11. The van der Waals surface area contributed by atoms with E-state index in [1.807, 2.05) is 0 Å². The van der Waals surface area contributed by atoms with E-state index in [0.29, 0.717) is 11.1 Å². The molecule has 2 atom stereocenters. The SMILES string of the molecule is Cl.O=C(O)[C@@H]1CN(CCCN2C(=O)c3ccccc3C2=O)C[C@H]1C(F)(F)F. The van der Waals surface area contributed by atoms with E-state index in [1.54, 1.807) is 24.3 Å². The van der Waals surface area contributed by atoms with Gasteiger partial charge >= 0.3 is 12.1 Å². The zero-order valence-corrected chi connectivity index (χ0v) is 14.9. The van der Waals surface area contributed by atoms with E-state index >= 15 is 0 Å². The highest BCUT2D eigenvalue weighted by Gasteiger charge is 2.52. The first-order valence-electron chi connectivity index (χ1n) is 8.17. The Morgan fingerprint density at radius 3 is 2.07 bits per heavy atom. The van der Waals surface area contributed by atoms with Crippen molar-refractivity contribution in [3.63, 3.8) is 0 Å². The van der Waals surface area contributed by atoms with Gasteiger partial charge in [0.1, 0.15) is 0 Å². The first-order chi connectivity index (χ1) is 12.2. The number of aliphatic carboxylic acids is 1. The fraction of sp³-hybridized carbons (Fsp3) is 0.471. The van der Waals surface area contributed by atoms with Crippen LogP contribution in [0.2, 0.25) is 0 Å². The molecule has 2 heterocycles. The van der Waals surface area contributed by atoms with Crippen LogP contribution in [0.5, 0.6) is 0 Å². The van der Waals surface area contributed by atoms with Crippen molar-refractivity contribution in [1.29, 1.82) is 0 Å². The smallest absolute Gasteiger partial charge is 0.393 e. The van der Waals surface area contributed by atoms with Gasteiger partial charge < -0.3 is 10.0 Å². The third-order valence-electron chi connectivity index (χ3n) is 4.87. The second-order valence-corrected chi connectivity index (χ2v) is 6.51. The molecule has 0 bridgehead atoms. The number of alkyl halides is 3. The first kappa shape index (κ1) is 21.2. The van der Waals surface area contributed by atoms with E-state index in [2.05, 4.69) is 0 Å². The normalized spacial score (nSPS) is 22.7. The summed E-state index contributed by atoms with van der Waals surface area (Å²) in [5.74, 6) is -5.68. The lowest BCUT2D eigenvalue weighted by Gasteiger charge is -2.19. The van der Waals surface area contributed by atoms with Crippen molar-refractivity contribution in [1.82, 2.24) is 9.80 Å². The summed E-state index contributed by atoms with van der Waals surface area (Å²) < 4.78 is 38.9. The molecule has 0 unspecified atom stereocenters. The van der Waals surface area contributed by atoms with E-state index < -0.39 is 35.8 Å². The number of carboxylic acids is 1. The second-order valence-electron chi connectivity index (χ2n) is 6.51. The zero-order valence-electron chi connectivity index (χ0n) is 14.1. The summed E-state index contributed by atoms with van der Waals surface area (Å²) in [7, 11) is 0. The van der Waals surface area contributed by atoms with Crippen LogP contribution in [-0.4, -0.2) is 65.0 Å². The Balaban J connectivity index is 0.00000261. The van der Waals surface area contributed by atoms with Crippen LogP contribution in [0.15, 0.2) is 24.3 Å². The number of fused-ring (bicyclic) bond motifs is 1. The van der Waals surface area contributed by atoms with E-state index in [0.717, 1.165) is 4.90 Å². The molecule has 1 saturated heterocycles. The Morgan fingerprint density at radius 1 is 1.07 bits per heavy atom. The molecule has 2 amide bonds. The number of benzene rings is 1. The molecule has 0 aliphatic carbocycles. The lowest BCUT2D eigenvalue weighted by atomic mass is 9.96. The largest absolute Gasteiger partial charge is 0.481 e. The van der Waals surface area contributed by atoms with E-state index in [4.69, 9.17) is 5.11 Å². The van der Waals surface area contributed by atoms with Gasteiger partial charge in [-0.05, 0) is 25.1 Å². The monoisotopic (exact) mass is 406 g/mol. The molecule has 6 nitrogen and oxygen atoms in total. The minimum Gasteiger partial charge on any atom is -0.481 e. The van der Waals surface area contributed by atoms with Crippen LogP contribution >= 0.6 is 12.4 Å². The first-order valence-corrected chi connectivity index (χ1v) is 8.17. The fourth-order valence-electron chi connectivity index (χ4n) is 3.54. The van der Waals surface area contributed by atoms with Gasteiger partial charge in [0, 0.05) is 19.6 Å². The maximum absolute atomic E-state index is 13.0. The molecule has 1 aromatic rings. The molecule has 2 aliphatic heterocycles. The Kier molecular flexibility index (Phi) is 6.16. The third kappa shape index (κ3) is 4.08. The molecule has 0 aromatic heterocycles. The van der Waals surface area contributed by atoms with Crippen LogP contribution in [0.4, 0.5) is 13.2 Å². The standard InChI is InChI=1S/C17H17F3N2O4.ClH/c18-17(19,20)13-9-21(8-12(13)16(25)26)6-3-7-22-14(23)10-4-1-2-5-11(10)15(22)24;/h1-2,4-5,12-13H,3,6-9H2,(H,25,26);1H/t12-,13-;/m1./s1. The van der Waals surface area contributed by atoms with Gasteiger partial charge in [-0.15, -0.1) is 12.4 Å². The molecule has 2 aliphatic rings. The summed E-state index contributed by atoms with van der Waals surface area (Å²) in [6, 6.07) is 6.42. The molecule has 1 N–H and O–H groups in total. The number of carboxylic acid groups (broad SMARTS) is 1. The molecule has 0 radical (unpaired) electrons. The number of amides is 2. The molecular weight excluding hydrogens is 389 g/mol. The summed E-state index contributed by atoms with van der Waals surface area (Å²) in [6.07, 6.45) is -4.29. The summed E-state index contributed by atoms with van der Waals surface area (Å²) in [4.78, 5) is 38.0. The quantitative estimate of drug-likeness (QED) is 0.759. The Bertz CT molecular complexity index is 721. The van der Waals surface area contributed by atoms with Crippen molar-refractivity contribution in [2.24, 2.45) is 11.8 Å². The Labute approximate surface area is 159 Å². The highest BCUT2D eigenvalue weighted by atomic mass is 35.5. The molecule has 1 aromatic carbocycles. The number of hydrogen-bond donors (Lipinski definition) is 1. The van der Waals surface area contributed by atoms with Crippen LogP contribution in [-0.2, 0) is 4.79 Å². The van der Waals surface area contributed by atoms with Gasteiger partial charge in [-0.1, -0.05) is 12.1 Å². The summed E-state index contributed by atoms with van der Waals surface area (Å²) in [5.41, 5.74) is 0.642. The lowest BCUT2D eigenvalue weighted by Crippen LogP contribution is -2.34. The number of hydrogen-bond acceptors (Lipinski definition) is 4. The average molecular weight is 407 g/mol. The van der Waals surface area contributed by atoms with Gasteiger partial charge in [-0.2, -0.15) is 13.2 Å². The van der Waals surface area contributed by atoms with Crippen LogP contribution < -0.4 is 0 Å². The fourth-order valence-corrected chi connectivity index (χ4v) is 3.54. The summed E-state index contributed by atoms with van der Waals surface area (Å²) in [5, 5.41) is 9.01. The molecule has 1 fully saturated rings. The minimum atomic E-state index is -4.57. The van der Waals surface area contributed by atoms with Crippen molar-refractivity contribution in [2.75, 3.05) is 26.2 Å². The van der Waals surface area contributed by atoms with Gasteiger partial charge in [-0.25, -0.2) is 0 Å². The number of nitrogens with zero attached hydrogens (tertiary/aromatic N) is 2. The Hall–Kier alpha value is -2.13. The van der Waals surface area contributed by atoms with Crippen molar-refractivity contribution >= 4 is 30.2 Å². The predicted octanol–water partition coefficient (Wildman–Crippen LogP) is 2.29. The van der Waals surface area contributed by atoms with Gasteiger partial charge in [0.2, 0.25) is 0 Å². The molecule has 0 saturated carbocycles. The molecular formula is C17H18ClF3N2O4. The molecule has 27 heavy (non-hydrogen) atoms. The van der Waals surface area contributed by atoms with Crippen LogP contribution in [0.1, 0.15) is 27.1 Å². The topological polar surface area (TPSA) is 77.9 Å². The molecule has 10 heteroatoms. The zero-order chi connectivity index (χ0) is 19.1. The number of imide groups is 1. The highest BCUT2D eigenvalue weighted by Crippen LogP contribution is 2.37. The molecule has 3 rings (SSSR count). The van der Waals surface area contributed by atoms with Crippen molar-refractivity contribution in [3.05, 3.63) is 35.4 Å². The van der Waals surface area contributed by atoms with E-state index in [9.17, 15) is 27.6 Å². The predicted molar refractivity (Wildman–Crippen MR) is 90.8 cm³/mol. The van der Waals surface area contributed by atoms with Gasteiger partial charge in [0.25, 0.3) is 11.8 Å². The van der Waals surface area contributed by atoms with Crippen LogP contribution in [0.25, 0.3) is 0 Å². The number of halogens is 4. The number of carbonyl (C=O) groups excluding carboxylic acids is 2. The van der Waals surface area contributed by atoms with Crippen LogP contribution in [0, 0.1) is 11.8 Å². The second kappa shape index (κ2) is 7.85. The minimum absolute atomic E-state index is 0. The Morgan fingerprint density at radius 2 is 1.63 bits per heavy atom. The van der Waals surface area contributed by atoms with E-state index in [-0.39, 0.29) is 45.0 Å². The van der Waals surface area contributed by atoms with Gasteiger partial charge in [0.05, 0.1) is 23.0 Å². The number of likely N-dealkylation sites (tertiary alicyclic amines) is 1. The summed E-state index contributed by atoms with van der Waals surface area (Å²) in [6.45, 7) is -0.314. The highest BCUT2D eigenvalue weighted by molar-refractivity contribution is 6.21. The molecule has 0 spiro atoms. The van der Waals surface area contributed by atoms with Crippen molar-refractivity contribution in [2.45, 2.75) is 12.6 Å². The van der Waals surface area contributed by atoms with Crippen LogP contribution in [0.3, 0.4) is 0 Å². The molecule has 148 valence electrons. The lowest BCUT2D eigenvalue weighted by molar-refractivity contribution is -0.188. The third-order valence-corrected chi connectivity index (χ3v) is 4.87. The maximum atomic E-state index is 13.0. The number of carbonyl (C=O) groups is 3.